The third-order valence-electron chi connectivity index (χ3n) is 4.04. The van der Waals surface area contributed by atoms with E-state index in [-0.39, 0.29) is 11.9 Å². The van der Waals surface area contributed by atoms with Crippen LogP contribution in [0.3, 0.4) is 0 Å². The molecule has 1 nitrogen and oxygen atoms in total. The average Bonchev–Trinajstić information content (AvgIpc) is 2.64. The van der Waals surface area contributed by atoms with Crippen LogP contribution in [0.15, 0.2) is 24.3 Å². The lowest BCUT2D eigenvalue weighted by Crippen LogP contribution is -2.25. The molecule has 100 valence electrons. The Labute approximate surface area is 110 Å². The Morgan fingerprint density at radius 3 is 2.61 bits per heavy atom. The molecule has 0 saturated heterocycles. The summed E-state index contributed by atoms with van der Waals surface area (Å²) >= 11 is 0. The van der Waals surface area contributed by atoms with Crippen molar-refractivity contribution in [1.29, 1.82) is 0 Å². The molecular formula is C16H24FN. The van der Waals surface area contributed by atoms with Crippen molar-refractivity contribution < 1.29 is 4.39 Å². The zero-order chi connectivity index (χ0) is 12.8. The van der Waals surface area contributed by atoms with Crippen LogP contribution in [0.5, 0.6) is 0 Å². The zero-order valence-electron chi connectivity index (χ0n) is 11.3. The van der Waals surface area contributed by atoms with Crippen LogP contribution in [0.1, 0.15) is 57.1 Å². The molecule has 18 heavy (non-hydrogen) atoms. The highest BCUT2D eigenvalue weighted by atomic mass is 19.1. The summed E-state index contributed by atoms with van der Waals surface area (Å²) in [7, 11) is 0. The van der Waals surface area contributed by atoms with Gasteiger partial charge in [0.1, 0.15) is 5.82 Å². The molecule has 0 aromatic heterocycles. The van der Waals surface area contributed by atoms with Crippen LogP contribution in [-0.2, 0) is 0 Å². The molecule has 1 aromatic carbocycles. The molecule has 1 aliphatic carbocycles. The maximum absolute atomic E-state index is 13.1. The topological polar surface area (TPSA) is 12.0 Å². The minimum atomic E-state index is -0.143. The van der Waals surface area contributed by atoms with Crippen molar-refractivity contribution in [3.05, 3.63) is 35.6 Å². The van der Waals surface area contributed by atoms with Crippen molar-refractivity contribution in [3.63, 3.8) is 0 Å². The van der Waals surface area contributed by atoms with Crippen LogP contribution in [0, 0.1) is 11.7 Å². The van der Waals surface area contributed by atoms with Gasteiger partial charge in [-0.15, -0.1) is 0 Å². The van der Waals surface area contributed by atoms with Crippen LogP contribution >= 0.6 is 0 Å². The van der Waals surface area contributed by atoms with Gasteiger partial charge in [-0.3, -0.25) is 0 Å². The van der Waals surface area contributed by atoms with Crippen molar-refractivity contribution in [2.24, 2.45) is 5.92 Å². The Hall–Kier alpha value is -0.890. The van der Waals surface area contributed by atoms with Gasteiger partial charge in [0.25, 0.3) is 0 Å². The van der Waals surface area contributed by atoms with E-state index in [1.54, 1.807) is 12.1 Å². The summed E-state index contributed by atoms with van der Waals surface area (Å²) in [5, 5.41) is 3.56. The summed E-state index contributed by atoms with van der Waals surface area (Å²) in [4.78, 5) is 0. The van der Waals surface area contributed by atoms with Crippen molar-refractivity contribution in [1.82, 2.24) is 5.32 Å². The number of rotatable bonds is 4. The number of benzene rings is 1. The molecule has 0 radical (unpaired) electrons. The fourth-order valence-corrected chi connectivity index (χ4v) is 2.81. The number of halogens is 1. The summed E-state index contributed by atoms with van der Waals surface area (Å²) < 4.78 is 13.1. The SMILES string of the molecule is C[C@@H](NCC1CCCCCC1)c1cccc(F)c1. The van der Waals surface area contributed by atoms with E-state index >= 15 is 0 Å². The van der Waals surface area contributed by atoms with Gasteiger partial charge in [-0.05, 0) is 49.9 Å². The molecule has 0 amide bonds. The first kappa shape index (κ1) is 13.5. The van der Waals surface area contributed by atoms with E-state index < -0.39 is 0 Å². The number of hydrogen-bond acceptors (Lipinski definition) is 1. The molecule has 0 spiro atoms. The summed E-state index contributed by atoms with van der Waals surface area (Å²) in [6, 6.07) is 7.15. The van der Waals surface area contributed by atoms with Gasteiger partial charge in [0.15, 0.2) is 0 Å². The lowest BCUT2D eigenvalue weighted by Gasteiger charge is -2.19. The Balaban J connectivity index is 1.82. The lowest BCUT2D eigenvalue weighted by molar-refractivity contribution is 0.402. The van der Waals surface area contributed by atoms with E-state index in [2.05, 4.69) is 12.2 Å². The molecule has 0 heterocycles. The fraction of sp³-hybridized carbons (Fsp3) is 0.625. The van der Waals surface area contributed by atoms with Crippen molar-refractivity contribution in [2.45, 2.75) is 51.5 Å². The first-order valence-corrected chi connectivity index (χ1v) is 7.24. The van der Waals surface area contributed by atoms with Crippen LogP contribution in [0.4, 0.5) is 4.39 Å². The zero-order valence-corrected chi connectivity index (χ0v) is 11.3. The molecule has 0 bridgehead atoms. The molecule has 1 atom stereocenters. The van der Waals surface area contributed by atoms with Gasteiger partial charge in [0, 0.05) is 6.04 Å². The molecular weight excluding hydrogens is 225 g/mol. The van der Waals surface area contributed by atoms with E-state index in [9.17, 15) is 4.39 Å². The third-order valence-corrected chi connectivity index (χ3v) is 4.04. The Morgan fingerprint density at radius 2 is 1.94 bits per heavy atom. The summed E-state index contributed by atoms with van der Waals surface area (Å²) in [5.74, 6) is 0.666. The quantitative estimate of drug-likeness (QED) is 0.777. The summed E-state index contributed by atoms with van der Waals surface area (Å²) in [5.41, 5.74) is 1.05. The minimum absolute atomic E-state index is 0.143. The second-order valence-electron chi connectivity index (χ2n) is 5.54. The Kier molecular flexibility index (Phi) is 5.18. The summed E-state index contributed by atoms with van der Waals surface area (Å²) in [6.07, 6.45) is 8.25. The number of nitrogens with one attached hydrogen (secondary N) is 1. The average molecular weight is 249 g/mol. The van der Waals surface area contributed by atoms with Crippen LogP contribution in [0.2, 0.25) is 0 Å². The highest BCUT2D eigenvalue weighted by Crippen LogP contribution is 2.23. The molecule has 1 aromatic rings. The largest absolute Gasteiger partial charge is 0.310 e. The van der Waals surface area contributed by atoms with E-state index in [0.29, 0.717) is 0 Å². The summed E-state index contributed by atoms with van der Waals surface area (Å²) in [6.45, 7) is 3.18. The van der Waals surface area contributed by atoms with Crippen LogP contribution < -0.4 is 5.32 Å². The van der Waals surface area contributed by atoms with Gasteiger partial charge >= 0.3 is 0 Å². The number of hydrogen-bond donors (Lipinski definition) is 1. The van der Waals surface area contributed by atoms with Gasteiger partial charge in [-0.25, -0.2) is 4.39 Å². The van der Waals surface area contributed by atoms with Crippen LogP contribution in [-0.4, -0.2) is 6.54 Å². The lowest BCUT2D eigenvalue weighted by atomic mass is 9.99. The van der Waals surface area contributed by atoms with Gasteiger partial charge in [-0.1, -0.05) is 37.8 Å². The van der Waals surface area contributed by atoms with E-state index in [1.807, 2.05) is 6.07 Å². The van der Waals surface area contributed by atoms with Gasteiger partial charge in [0.2, 0.25) is 0 Å². The molecule has 1 fully saturated rings. The minimum Gasteiger partial charge on any atom is -0.310 e. The molecule has 2 rings (SSSR count). The molecule has 2 heteroatoms. The Morgan fingerprint density at radius 1 is 1.22 bits per heavy atom. The molecule has 0 aliphatic heterocycles. The van der Waals surface area contributed by atoms with E-state index in [1.165, 1.54) is 44.6 Å². The first-order chi connectivity index (χ1) is 8.75. The van der Waals surface area contributed by atoms with E-state index in [4.69, 9.17) is 0 Å². The predicted octanol–water partition coefficient (Wildman–Crippen LogP) is 4.45. The van der Waals surface area contributed by atoms with Crippen molar-refractivity contribution in [3.8, 4) is 0 Å². The second-order valence-corrected chi connectivity index (χ2v) is 5.54. The van der Waals surface area contributed by atoms with Gasteiger partial charge in [-0.2, -0.15) is 0 Å². The van der Waals surface area contributed by atoms with Crippen molar-refractivity contribution in [2.75, 3.05) is 6.54 Å². The van der Waals surface area contributed by atoms with E-state index in [0.717, 1.165) is 18.0 Å². The molecule has 0 unspecified atom stereocenters. The predicted molar refractivity (Wildman–Crippen MR) is 74.0 cm³/mol. The van der Waals surface area contributed by atoms with Gasteiger partial charge in [0.05, 0.1) is 0 Å². The van der Waals surface area contributed by atoms with Crippen LogP contribution in [0.25, 0.3) is 0 Å². The fourth-order valence-electron chi connectivity index (χ4n) is 2.81. The molecule has 1 N–H and O–H groups in total. The maximum atomic E-state index is 13.1. The van der Waals surface area contributed by atoms with Crippen molar-refractivity contribution >= 4 is 0 Å². The first-order valence-electron chi connectivity index (χ1n) is 7.24. The highest BCUT2D eigenvalue weighted by Gasteiger charge is 2.13. The molecule has 1 saturated carbocycles. The second kappa shape index (κ2) is 6.89. The molecule has 1 aliphatic rings. The maximum Gasteiger partial charge on any atom is 0.123 e. The standard InChI is InChI=1S/C16H24FN/c1-13(15-9-6-10-16(17)11-15)18-12-14-7-4-2-3-5-8-14/h6,9-11,13-14,18H,2-5,7-8,12H2,1H3/t13-/m1/s1. The smallest absolute Gasteiger partial charge is 0.123 e. The third kappa shape index (κ3) is 4.09. The highest BCUT2D eigenvalue weighted by molar-refractivity contribution is 5.19. The normalized spacial score (nSPS) is 19.4. The monoisotopic (exact) mass is 249 g/mol. The Bertz CT molecular complexity index is 356. The van der Waals surface area contributed by atoms with Gasteiger partial charge < -0.3 is 5.32 Å².